The first-order valence-corrected chi connectivity index (χ1v) is 3.16. The Morgan fingerprint density at radius 2 is 1.50 bits per heavy atom. The van der Waals surface area contributed by atoms with Gasteiger partial charge in [0.25, 0.3) is 0 Å². The van der Waals surface area contributed by atoms with Crippen molar-refractivity contribution >= 4 is 24.2 Å². The van der Waals surface area contributed by atoms with Crippen molar-refractivity contribution in [1.29, 1.82) is 0 Å². The summed E-state index contributed by atoms with van der Waals surface area (Å²) >= 11 is 8.79. The van der Waals surface area contributed by atoms with E-state index in [2.05, 4.69) is 12.6 Å². The maximum absolute atomic E-state index is 5.00. The molecule has 0 atom stereocenters. The fourth-order valence-electron chi connectivity index (χ4n) is 0. The second kappa shape index (κ2) is 17.4. The van der Waals surface area contributed by atoms with E-state index in [-0.39, 0.29) is 0 Å². The molecule has 0 saturated carbocycles. The third kappa shape index (κ3) is 150. The van der Waals surface area contributed by atoms with E-state index in [1.165, 1.54) is 0 Å². The van der Waals surface area contributed by atoms with E-state index in [9.17, 15) is 0 Å². The Balaban J connectivity index is 0. The van der Waals surface area contributed by atoms with Crippen molar-refractivity contribution in [1.82, 2.24) is 0 Å². The summed E-state index contributed by atoms with van der Waals surface area (Å²) < 4.78 is 0. The molecule has 2 heteroatoms. The highest BCUT2D eigenvalue weighted by atomic mass is 35.5. The predicted octanol–water partition coefficient (Wildman–Crippen LogP) is 2.18. The van der Waals surface area contributed by atoms with Crippen LogP contribution in [0.25, 0.3) is 0 Å². The van der Waals surface area contributed by atoms with E-state index in [4.69, 9.17) is 11.6 Å². The van der Waals surface area contributed by atoms with E-state index in [0.29, 0.717) is 0 Å². The van der Waals surface area contributed by atoms with E-state index in [1.807, 2.05) is 13.8 Å². The van der Waals surface area contributed by atoms with Crippen molar-refractivity contribution in [2.75, 3.05) is 11.6 Å². The number of halogens is 1. The summed E-state index contributed by atoms with van der Waals surface area (Å²) in [5.74, 6) is 1.67. The molecule has 0 radical (unpaired) electrons. The van der Waals surface area contributed by atoms with Crippen LogP contribution in [0.4, 0.5) is 0 Å². The molecule has 0 rings (SSSR count). The maximum atomic E-state index is 5.00. The Hall–Kier alpha value is 0.640. The highest BCUT2D eigenvalue weighted by Crippen LogP contribution is 1.59. The van der Waals surface area contributed by atoms with Crippen LogP contribution in [0.1, 0.15) is 13.8 Å². The smallest absolute Gasteiger partial charge is 0.0195 e. The number of hydrogen-bond donors (Lipinski definition) is 1. The van der Waals surface area contributed by atoms with Crippen LogP contribution in [0.2, 0.25) is 0 Å². The highest BCUT2D eigenvalue weighted by Gasteiger charge is 1.38. The van der Waals surface area contributed by atoms with Gasteiger partial charge in [0.05, 0.1) is 0 Å². The molecule has 0 fully saturated rings. The van der Waals surface area contributed by atoms with E-state index >= 15 is 0 Å². The van der Waals surface area contributed by atoms with Gasteiger partial charge in [-0.15, -0.1) is 11.6 Å². The molecule has 0 N–H and O–H groups in total. The minimum atomic E-state index is 0.722. The normalized spacial score (nSPS) is 6.00. The molecule has 0 aromatic heterocycles. The Morgan fingerprint density at radius 1 is 1.50 bits per heavy atom. The Labute approximate surface area is 50.3 Å². The largest absolute Gasteiger partial charge is 0.180 e. The van der Waals surface area contributed by atoms with Gasteiger partial charge in [0, 0.05) is 5.88 Å². The topological polar surface area (TPSA) is 0 Å². The predicted molar refractivity (Wildman–Crippen MR) is 35.9 cm³/mol. The Morgan fingerprint density at radius 3 is 1.50 bits per heavy atom. The summed E-state index contributed by atoms with van der Waals surface area (Å²) in [5.41, 5.74) is 0. The van der Waals surface area contributed by atoms with Gasteiger partial charge >= 0.3 is 0 Å². The SMILES string of the molecule is CCCl.CCS. The monoisotopic (exact) mass is 126 g/mol. The van der Waals surface area contributed by atoms with E-state index in [1.54, 1.807) is 0 Å². The minimum Gasteiger partial charge on any atom is -0.180 e. The van der Waals surface area contributed by atoms with Gasteiger partial charge in [-0.3, -0.25) is 0 Å². The number of thiol groups is 1. The van der Waals surface area contributed by atoms with Gasteiger partial charge in [0.1, 0.15) is 0 Å². The summed E-state index contributed by atoms with van der Waals surface area (Å²) in [5, 5.41) is 0. The molecule has 0 aromatic carbocycles. The molecule has 0 aliphatic heterocycles. The van der Waals surface area contributed by atoms with Gasteiger partial charge in [-0.1, -0.05) is 13.8 Å². The lowest BCUT2D eigenvalue weighted by atomic mass is 11.0. The van der Waals surface area contributed by atoms with Gasteiger partial charge in [0.2, 0.25) is 0 Å². The summed E-state index contributed by atoms with van der Waals surface area (Å²) in [6, 6.07) is 0. The molecule has 0 bridgehead atoms. The van der Waals surface area contributed by atoms with Crippen LogP contribution in [0, 0.1) is 0 Å². The molecule has 0 aliphatic rings. The zero-order valence-corrected chi connectivity index (χ0v) is 5.89. The van der Waals surface area contributed by atoms with Crippen LogP contribution < -0.4 is 0 Å². The molecule has 0 saturated heterocycles. The first-order chi connectivity index (χ1) is 2.83. The van der Waals surface area contributed by atoms with Gasteiger partial charge < -0.3 is 0 Å². The van der Waals surface area contributed by atoms with Crippen molar-refractivity contribution in [3.8, 4) is 0 Å². The van der Waals surface area contributed by atoms with E-state index in [0.717, 1.165) is 11.6 Å². The van der Waals surface area contributed by atoms with Crippen molar-refractivity contribution in [2.45, 2.75) is 13.8 Å². The fraction of sp³-hybridized carbons (Fsp3) is 1.00. The molecule has 0 aliphatic carbocycles. The molecule has 0 spiro atoms. The van der Waals surface area contributed by atoms with E-state index < -0.39 is 0 Å². The third-order valence-corrected chi connectivity index (χ3v) is 0. The molecule has 40 valence electrons. The summed E-state index contributed by atoms with van der Waals surface area (Å²) in [6.07, 6.45) is 0. The fourth-order valence-corrected chi connectivity index (χ4v) is 0. The van der Waals surface area contributed by atoms with Crippen LogP contribution in [0.5, 0.6) is 0 Å². The quantitative estimate of drug-likeness (QED) is 0.373. The average Bonchev–Trinajstić information content (AvgIpc) is 1.39. The van der Waals surface area contributed by atoms with Crippen molar-refractivity contribution < 1.29 is 0 Å². The summed E-state index contributed by atoms with van der Waals surface area (Å²) in [7, 11) is 0. The lowest BCUT2D eigenvalue weighted by Crippen LogP contribution is -1.36. The molecule has 0 amide bonds. The average molecular weight is 127 g/mol. The van der Waals surface area contributed by atoms with Crippen LogP contribution in [0.15, 0.2) is 0 Å². The summed E-state index contributed by atoms with van der Waals surface area (Å²) in [6.45, 7) is 3.88. The Kier molecular flexibility index (Phi) is 28.5. The standard InChI is InChI=1S/C2H5Cl.C2H6S/c2*1-2-3/h2H2,1H3;3H,2H2,1H3. The Bertz CT molecular complexity index is 9.51. The molecule has 0 unspecified atom stereocenters. The maximum Gasteiger partial charge on any atom is 0.0195 e. The zero-order valence-electron chi connectivity index (χ0n) is 4.24. The molecule has 6 heavy (non-hydrogen) atoms. The lowest BCUT2D eigenvalue weighted by molar-refractivity contribution is 1.51. The second-order valence-corrected chi connectivity index (χ2v) is 1.75. The lowest BCUT2D eigenvalue weighted by Gasteiger charge is -1.48. The van der Waals surface area contributed by atoms with Gasteiger partial charge in [-0.05, 0) is 5.75 Å². The number of rotatable bonds is 0. The molecule has 0 aromatic rings. The second-order valence-electron chi connectivity index (χ2n) is 0.583. The zero-order chi connectivity index (χ0) is 5.41. The molecule has 0 nitrogen and oxygen atoms in total. The van der Waals surface area contributed by atoms with Gasteiger partial charge in [-0.25, -0.2) is 0 Å². The minimum absolute atomic E-state index is 0.722. The van der Waals surface area contributed by atoms with Crippen molar-refractivity contribution in [3.05, 3.63) is 0 Å². The van der Waals surface area contributed by atoms with Crippen LogP contribution in [-0.2, 0) is 0 Å². The van der Waals surface area contributed by atoms with Gasteiger partial charge in [0.15, 0.2) is 0 Å². The van der Waals surface area contributed by atoms with Crippen LogP contribution >= 0.6 is 24.2 Å². The van der Waals surface area contributed by atoms with Crippen LogP contribution in [-0.4, -0.2) is 11.6 Å². The first kappa shape index (κ1) is 9.81. The molecule has 0 heterocycles. The third-order valence-electron chi connectivity index (χ3n) is 0. The highest BCUT2D eigenvalue weighted by molar-refractivity contribution is 7.80. The molecular formula is C4H11ClS. The van der Waals surface area contributed by atoms with Crippen molar-refractivity contribution in [3.63, 3.8) is 0 Å². The number of hydrogen-bond acceptors (Lipinski definition) is 1. The number of alkyl halides is 1. The summed E-state index contributed by atoms with van der Waals surface area (Å²) in [4.78, 5) is 0. The van der Waals surface area contributed by atoms with Gasteiger partial charge in [-0.2, -0.15) is 12.6 Å². The first-order valence-electron chi connectivity index (χ1n) is 2.00. The van der Waals surface area contributed by atoms with Crippen LogP contribution in [0.3, 0.4) is 0 Å². The van der Waals surface area contributed by atoms with Crippen molar-refractivity contribution in [2.24, 2.45) is 0 Å². The molecular weight excluding hydrogens is 116 g/mol.